The summed E-state index contributed by atoms with van der Waals surface area (Å²) >= 11 is 0. The van der Waals surface area contributed by atoms with Crippen LogP contribution in [0.15, 0.2) is 36.7 Å². The fourth-order valence-electron chi connectivity index (χ4n) is 3.23. The highest BCUT2D eigenvalue weighted by Gasteiger charge is 2.27. The van der Waals surface area contributed by atoms with E-state index in [9.17, 15) is 4.79 Å². The maximum atomic E-state index is 12.1. The van der Waals surface area contributed by atoms with Crippen LogP contribution in [0.25, 0.3) is 17.3 Å². The fraction of sp³-hybridized carbons (Fsp3) is 0.273. The molecule has 0 fully saturated rings. The Hall–Kier alpha value is -3.81. The van der Waals surface area contributed by atoms with Crippen molar-refractivity contribution < 1.29 is 4.79 Å². The van der Waals surface area contributed by atoms with E-state index < -0.39 is 0 Å². The molecule has 1 amide bonds. The number of carbonyl (C=O) groups excluding carboxylic acids is 1. The molecule has 0 unspecified atom stereocenters. The highest BCUT2D eigenvalue weighted by atomic mass is 16.1. The number of hydrogen-bond acceptors (Lipinski definition) is 7. The van der Waals surface area contributed by atoms with Gasteiger partial charge in [0.1, 0.15) is 12.3 Å². The summed E-state index contributed by atoms with van der Waals surface area (Å²) in [5.74, 6) is 1.01. The number of aromatic nitrogens is 4. The average Bonchev–Trinajstić information content (AvgIpc) is 3.44. The molecule has 1 aliphatic rings. The summed E-state index contributed by atoms with van der Waals surface area (Å²) in [5, 5.41) is 13.5. The maximum Gasteiger partial charge on any atom is 0.298 e. The summed E-state index contributed by atoms with van der Waals surface area (Å²) in [7, 11) is 0. The van der Waals surface area contributed by atoms with E-state index in [0.717, 1.165) is 41.9 Å². The van der Waals surface area contributed by atoms with Gasteiger partial charge < -0.3 is 16.4 Å². The fourth-order valence-corrected chi connectivity index (χ4v) is 3.23. The molecule has 158 valence electrons. The smallest absolute Gasteiger partial charge is 0.298 e. The van der Waals surface area contributed by atoms with Crippen molar-refractivity contribution in [2.45, 2.75) is 26.3 Å². The van der Waals surface area contributed by atoms with Gasteiger partial charge in [-0.15, -0.1) is 4.98 Å². The molecular formula is C22H25N8O+. The van der Waals surface area contributed by atoms with Crippen LogP contribution in [0.4, 0.5) is 17.5 Å². The Labute approximate surface area is 180 Å². The van der Waals surface area contributed by atoms with Crippen LogP contribution in [0, 0.1) is 6.20 Å². The van der Waals surface area contributed by atoms with Gasteiger partial charge in [-0.05, 0) is 43.7 Å². The molecule has 0 saturated heterocycles. The van der Waals surface area contributed by atoms with Gasteiger partial charge in [-0.25, -0.2) is 0 Å². The third-order valence-corrected chi connectivity index (χ3v) is 4.78. The van der Waals surface area contributed by atoms with Crippen LogP contribution in [0.2, 0.25) is 0 Å². The van der Waals surface area contributed by atoms with Gasteiger partial charge in [0.25, 0.3) is 11.7 Å². The van der Waals surface area contributed by atoms with Crippen molar-refractivity contribution in [1.82, 2.24) is 25.1 Å². The number of nitrogens with one attached hydrogen (secondary N) is 3. The SMILES string of the molecule is CCCn1cc(-c2nc(Nc3ccc(C(=O)NCCCN)cc3)nc3c2C=[C+]N3)cn1. The van der Waals surface area contributed by atoms with Gasteiger partial charge >= 0.3 is 0 Å². The number of nitrogens with two attached hydrogens (primary N) is 1. The van der Waals surface area contributed by atoms with Gasteiger partial charge in [0.15, 0.2) is 5.69 Å². The third kappa shape index (κ3) is 4.69. The molecule has 0 aliphatic carbocycles. The summed E-state index contributed by atoms with van der Waals surface area (Å²) in [6.07, 6.45) is 10.4. The van der Waals surface area contributed by atoms with E-state index in [1.54, 1.807) is 12.1 Å². The third-order valence-electron chi connectivity index (χ3n) is 4.78. The van der Waals surface area contributed by atoms with Crippen molar-refractivity contribution in [2.24, 2.45) is 5.73 Å². The lowest BCUT2D eigenvalue weighted by atomic mass is 10.1. The monoisotopic (exact) mass is 417 g/mol. The number of nitrogens with zero attached hydrogens (tertiary/aromatic N) is 4. The Morgan fingerprint density at radius 2 is 2.10 bits per heavy atom. The first-order valence-electron chi connectivity index (χ1n) is 10.3. The largest absolute Gasteiger partial charge is 0.352 e. The van der Waals surface area contributed by atoms with Crippen LogP contribution in [-0.2, 0) is 6.54 Å². The molecule has 3 heterocycles. The molecular weight excluding hydrogens is 392 g/mol. The standard InChI is InChI=1S/C22H24N8O/c1-2-12-30-14-16(13-26-30)19-18-8-11-24-20(18)29-22(28-19)27-17-6-4-15(5-7-17)21(31)25-10-3-9-23/h4-8,13-14H,2-3,9-10,12,23H2,1H3,(H2-,24,25,27,28,29,31)/p+1. The van der Waals surface area contributed by atoms with E-state index in [-0.39, 0.29) is 5.91 Å². The van der Waals surface area contributed by atoms with Crippen LogP contribution in [0.5, 0.6) is 0 Å². The lowest BCUT2D eigenvalue weighted by molar-refractivity contribution is 0.0953. The molecule has 0 atom stereocenters. The van der Waals surface area contributed by atoms with E-state index in [2.05, 4.69) is 39.2 Å². The summed E-state index contributed by atoms with van der Waals surface area (Å²) in [5.41, 5.74) is 9.40. The quantitative estimate of drug-likeness (QED) is 0.312. The van der Waals surface area contributed by atoms with Crippen LogP contribution in [0.3, 0.4) is 0 Å². The highest BCUT2D eigenvalue weighted by molar-refractivity contribution is 5.94. The Morgan fingerprint density at radius 3 is 2.87 bits per heavy atom. The van der Waals surface area contributed by atoms with Crippen molar-refractivity contribution in [3.8, 4) is 11.3 Å². The molecule has 0 spiro atoms. The molecule has 2 aromatic heterocycles. The molecule has 9 heteroatoms. The van der Waals surface area contributed by atoms with Crippen molar-refractivity contribution in [3.63, 3.8) is 0 Å². The van der Waals surface area contributed by atoms with Gasteiger partial charge in [0.2, 0.25) is 11.5 Å². The Kier molecular flexibility index (Phi) is 6.16. The molecule has 0 radical (unpaired) electrons. The minimum atomic E-state index is -0.119. The topological polar surface area (TPSA) is 123 Å². The first-order valence-corrected chi connectivity index (χ1v) is 10.3. The molecule has 5 N–H and O–H groups in total. The lowest BCUT2D eigenvalue weighted by Gasteiger charge is -2.08. The molecule has 4 rings (SSSR count). The van der Waals surface area contributed by atoms with E-state index in [1.165, 1.54) is 0 Å². The van der Waals surface area contributed by atoms with Crippen molar-refractivity contribution in [2.75, 3.05) is 23.7 Å². The molecule has 31 heavy (non-hydrogen) atoms. The molecule has 3 aromatic rings. The number of amides is 1. The van der Waals surface area contributed by atoms with E-state index >= 15 is 0 Å². The van der Waals surface area contributed by atoms with Crippen LogP contribution in [-0.4, -0.2) is 38.7 Å². The van der Waals surface area contributed by atoms with E-state index in [4.69, 9.17) is 10.7 Å². The van der Waals surface area contributed by atoms with Crippen LogP contribution < -0.4 is 21.7 Å². The number of anilines is 3. The van der Waals surface area contributed by atoms with Crippen LogP contribution in [0.1, 0.15) is 35.7 Å². The lowest BCUT2D eigenvalue weighted by Crippen LogP contribution is -2.25. The number of rotatable bonds is 9. The number of fused-ring (bicyclic) bond motifs is 1. The van der Waals surface area contributed by atoms with E-state index in [1.807, 2.05) is 35.3 Å². The Balaban J connectivity index is 1.53. The van der Waals surface area contributed by atoms with Crippen molar-refractivity contribution >= 4 is 29.4 Å². The zero-order valence-electron chi connectivity index (χ0n) is 17.4. The molecule has 0 saturated carbocycles. The van der Waals surface area contributed by atoms with Crippen molar-refractivity contribution in [1.29, 1.82) is 0 Å². The minimum absolute atomic E-state index is 0.119. The first-order chi connectivity index (χ1) is 15.2. The Bertz CT molecular complexity index is 1090. The maximum absolute atomic E-state index is 12.1. The molecule has 1 aliphatic heterocycles. The molecule has 0 bridgehead atoms. The van der Waals surface area contributed by atoms with Gasteiger partial charge in [-0.2, -0.15) is 15.4 Å². The summed E-state index contributed by atoms with van der Waals surface area (Å²) < 4.78 is 1.91. The highest BCUT2D eigenvalue weighted by Crippen LogP contribution is 2.32. The second-order valence-electron chi connectivity index (χ2n) is 7.16. The van der Waals surface area contributed by atoms with E-state index in [0.29, 0.717) is 30.4 Å². The normalized spacial score (nSPS) is 11.5. The summed E-state index contributed by atoms with van der Waals surface area (Å²) in [4.78, 5) is 21.4. The van der Waals surface area contributed by atoms with Gasteiger partial charge in [-0.3, -0.25) is 9.48 Å². The van der Waals surface area contributed by atoms with Gasteiger partial charge in [0, 0.05) is 30.5 Å². The number of carbonyl (C=O) groups is 1. The second kappa shape index (κ2) is 9.34. The molecule has 9 nitrogen and oxygen atoms in total. The predicted molar refractivity (Wildman–Crippen MR) is 121 cm³/mol. The summed E-state index contributed by atoms with van der Waals surface area (Å²) in [6, 6.07) is 7.17. The number of hydrogen-bond donors (Lipinski definition) is 4. The average molecular weight is 417 g/mol. The van der Waals surface area contributed by atoms with Crippen LogP contribution >= 0.6 is 0 Å². The predicted octanol–water partition coefficient (Wildman–Crippen LogP) is 2.77. The van der Waals surface area contributed by atoms with Gasteiger partial charge in [0.05, 0.1) is 11.8 Å². The minimum Gasteiger partial charge on any atom is -0.352 e. The van der Waals surface area contributed by atoms with Crippen molar-refractivity contribution in [3.05, 3.63) is 54.0 Å². The zero-order chi connectivity index (χ0) is 21.6. The second-order valence-corrected chi connectivity index (χ2v) is 7.16. The first kappa shape index (κ1) is 20.5. The van der Waals surface area contributed by atoms with Gasteiger partial charge in [-0.1, -0.05) is 6.92 Å². The summed E-state index contributed by atoms with van der Waals surface area (Å²) in [6.45, 7) is 4.08. The Morgan fingerprint density at radius 1 is 1.26 bits per heavy atom. The number of benzene rings is 1. The molecule has 1 aromatic carbocycles. The zero-order valence-corrected chi connectivity index (χ0v) is 17.4. The number of aryl methyl sites for hydroxylation is 1.